The van der Waals surface area contributed by atoms with E-state index >= 15 is 0 Å². The summed E-state index contributed by atoms with van der Waals surface area (Å²) in [6, 6.07) is 3.07. The van der Waals surface area contributed by atoms with Crippen LogP contribution >= 0.6 is 22.6 Å². The molecule has 3 N–H and O–H groups in total. The van der Waals surface area contributed by atoms with Crippen molar-refractivity contribution in [3.8, 4) is 11.5 Å². The lowest BCUT2D eigenvalue weighted by molar-refractivity contribution is 0.409. The molecule has 0 spiro atoms. The molecule has 0 saturated carbocycles. The predicted molar refractivity (Wildman–Crippen MR) is 51.8 cm³/mol. The van der Waals surface area contributed by atoms with Crippen LogP contribution in [0.25, 0.3) is 0 Å². The molecule has 0 atom stereocenters. The number of rotatable bonds is 1. The van der Waals surface area contributed by atoms with Gasteiger partial charge in [0.15, 0.2) is 0 Å². The van der Waals surface area contributed by atoms with Crippen LogP contribution in [-0.4, -0.2) is 12.2 Å². The number of ether oxygens (including phenoxy) is 1. The van der Waals surface area contributed by atoms with Crippen molar-refractivity contribution in [2.24, 2.45) is 0 Å². The van der Waals surface area contributed by atoms with Crippen molar-refractivity contribution in [2.75, 3.05) is 12.8 Å². The second-order valence-electron chi connectivity index (χ2n) is 2.04. The summed E-state index contributed by atoms with van der Waals surface area (Å²) in [7, 11) is 1.52. The number of hydrogen-bond donors (Lipinski definition) is 2. The van der Waals surface area contributed by atoms with Gasteiger partial charge in [-0.3, -0.25) is 0 Å². The molecule has 0 bridgehead atoms. The van der Waals surface area contributed by atoms with Crippen molar-refractivity contribution in [3.63, 3.8) is 0 Å². The quantitative estimate of drug-likeness (QED) is 0.460. The summed E-state index contributed by atoms with van der Waals surface area (Å²) >= 11 is 2.03. The van der Waals surface area contributed by atoms with Gasteiger partial charge in [-0.2, -0.15) is 0 Å². The second kappa shape index (κ2) is 3.17. The Labute approximate surface area is 78.3 Å². The first-order valence-corrected chi connectivity index (χ1v) is 4.05. The number of nitrogens with two attached hydrogens (primary N) is 1. The fraction of sp³-hybridized carbons (Fsp3) is 0.143. The number of aromatic hydroxyl groups is 1. The molecule has 1 rings (SSSR count). The molecule has 0 aliphatic heterocycles. The minimum Gasteiger partial charge on any atom is -0.508 e. The highest BCUT2D eigenvalue weighted by Crippen LogP contribution is 2.30. The zero-order chi connectivity index (χ0) is 8.43. The number of anilines is 1. The molecule has 1 aromatic rings. The maximum atomic E-state index is 9.11. The third-order valence-corrected chi connectivity index (χ3v) is 2.19. The number of methoxy groups -OCH3 is 1. The molecule has 3 nitrogen and oxygen atoms in total. The smallest absolute Gasteiger partial charge is 0.146 e. The topological polar surface area (TPSA) is 55.5 Å². The van der Waals surface area contributed by atoms with Gasteiger partial charge in [0.1, 0.15) is 11.5 Å². The van der Waals surface area contributed by atoms with Gasteiger partial charge < -0.3 is 15.6 Å². The first-order chi connectivity index (χ1) is 5.15. The van der Waals surface area contributed by atoms with Crippen molar-refractivity contribution in [1.29, 1.82) is 0 Å². The molecule has 0 radical (unpaired) electrons. The van der Waals surface area contributed by atoms with Gasteiger partial charge in [0.05, 0.1) is 12.8 Å². The van der Waals surface area contributed by atoms with Gasteiger partial charge in [0, 0.05) is 9.64 Å². The molecule has 0 heterocycles. The van der Waals surface area contributed by atoms with Gasteiger partial charge in [-0.1, -0.05) is 0 Å². The zero-order valence-electron chi connectivity index (χ0n) is 5.97. The lowest BCUT2D eigenvalue weighted by Gasteiger charge is -2.05. The van der Waals surface area contributed by atoms with E-state index in [4.69, 9.17) is 15.6 Å². The molecule has 60 valence electrons. The lowest BCUT2D eigenvalue weighted by Crippen LogP contribution is -1.94. The van der Waals surface area contributed by atoms with Crippen molar-refractivity contribution in [1.82, 2.24) is 0 Å². The Morgan fingerprint density at radius 1 is 1.55 bits per heavy atom. The van der Waals surface area contributed by atoms with Gasteiger partial charge in [0.2, 0.25) is 0 Å². The van der Waals surface area contributed by atoms with Crippen LogP contribution in [0.15, 0.2) is 12.1 Å². The molecule has 4 heteroatoms. The Bertz CT molecular complexity index is 275. The Kier molecular flexibility index (Phi) is 2.43. The van der Waals surface area contributed by atoms with E-state index in [1.165, 1.54) is 13.2 Å². The van der Waals surface area contributed by atoms with Crippen LogP contribution in [0.3, 0.4) is 0 Å². The van der Waals surface area contributed by atoms with Crippen LogP contribution in [0.2, 0.25) is 0 Å². The molecule has 0 aliphatic rings. The largest absolute Gasteiger partial charge is 0.508 e. The highest BCUT2D eigenvalue weighted by Gasteiger charge is 2.04. The zero-order valence-corrected chi connectivity index (χ0v) is 8.12. The fourth-order valence-electron chi connectivity index (χ4n) is 0.748. The van der Waals surface area contributed by atoms with Crippen LogP contribution < -0.4 is 10.5 Å². The molecule has 0 saturated heterocycles. The number of phenolic OH excluding ortho intramolecular Hbond substituents is 1. The number of phenols is 1. The van der Waals surface area contributed by atoms with Gasteiger partial charge in [-0.15, -0.1) is 0 Å². The molecule has 0 aliphatic carbocycles. The fourth-order valence-corrected chi connectivity index (χ4v) is 1.33. The Morgan fingerprint density at radius 2 is 2.18 bits per heavy atom. The molecule has 0 fully saturated rings. The van der Waals surface area contributed by atoms with Gasteiger partial charge in [-0.05, 0) is 28.7 Å². The third-order valence-electron chi connectivity index (χ3n) is 1.30. The minimum atomic E-state index is 0.167. The first kappa shape index (κ1) is 8.45. The van der Waals surface area contributed by atoms with Gasteiger partial charge in [0.25, 0.3) is 0 Å². The Balaban J connectivity index is 3.24. The summed E-state index contributed by atoms with van der Waals surface area (Å²) in [5.41, 5.74) is 6.18. The normalized spacial score (nSPS) is 9.64. The van der Waals surface area contributed by atoms with Crippen LogP contribution in [0.5, 0.6) is 11.5 Å². The third kappa shape index (κ3) is 1.68. The van der Waals surface area contributed by atoms with Crippen LogP contribution in [0.1, 0.15) is 0 Å². The molecule has 1 aromatic carbocycles. The van der Waals surface area contributed by atoms with E-state index in [9.17, 15) is 0 Å². The molecular weight excluding hydrogens is 257 g/mol. The molecule has 0 unspecified atom stereocenters. The van der Waals surface area contributed by atoms with Crippen LogP contribution in [-0.2, 0) is 0 Å². The number of nitrogen functional groups attached to an aromatic ring is 1. The maximum Gasteiger partial charge on any atom is 0.146 e. The molecule has 11 heavy (non-hydrogen) atoms. The van der Waals surface area contributed by atoms with Crippen molar-refractivity contribution in [2.45, 2.75) is 0 Å². The van der Waals surface area contributed by atoms with Crippen molar-refractivity contribution in [3.05, 3.63) is 15.7 Å². The first-order valence-electron chi connectivity index (χ1n) is 2.97. The summed E-state index contributed by atoms with van der Waals surface area (Å²) < 4.78 is 5.71. The summed E-state index contributed by atoms with van der Waals surface area (Å²) in [5.74, 6) is 0.676. The van der Waals surface area contributed by atoms with Gasteiger partial charge >= 0.3 is 0 Å². The molecule has 0 aromatic heterocycles. The van der Waals surface area contributed by atoms with Crippen LogP contribution in [0, 0.1) is 3.57 Å². The van der Waals surface area contributed by atoms with E-state index in [0.717, 1.165) is 3.57 Å². The summed E-state index contributed by atoms with van der Waals surface area (Å²) in [4.78, 5) is 0. The summed E-state index contributed by atoms with van der Waals surface area (Å²) in [6.07, 6.45) is 0. The van der Waals surface area contributed by atoms with E-state index < -0.39 is 0 Å². The van der Waals surface area contributed by atoms with E-state index in [-0.39, 0.29) is 5.75 Å². The second-order valence-corrected chi connectivity index (χ2v) is 3.21. The van der Waals surface area contributed by atoms with Gasteiger partial charge in [-0.25, -0.2) is 0 Å². The van der Waals surface area contributed by atoms with E-state index in [2.05, 4.69) is 0 Å². The Morgan fingerprint density at radius 3 is 2.73 bits per heavy atom. The Hall–Kier alpha value is -0.650. The molecule has 0 amide bonds. The summed E-state index contributed by atoms with van der Waals surface area (Å²) in [5, 5.41) is 9.11. The predicted octanol–water partition coefficient (Wildman–Crippen LogP) is 1.59. The maximum absolute atomic E-state index is 9.11. The average molecular weight is 265 g/mol. The molecular formula is C7H8INO2. The highest BCUT2D eigenvalue weighted by atomic mass is 127. The highest BCUT2D eigenvalue weighted by molar-refractivity contribution is 14.1. The van der Waals surface area contributed by atoms with E-state index in [0.29, 0.717) is 11.4 Å². The standard InChI is InChI=1S/C7H8INO2/c1-11-6-3-4(10)2-5(8)7(6)9/h2-3,10H,9H2,1H3. The lowest BCUT2D eigenvalue weighted by atomic mass is 10.3. The number of halogens is 1. The van der Waals surface area contributed by atoms with E-state index in [1.807, 2.05) is 22.6 Å². The summed E-state index contributed by atoms with van der Waals surface area (Å²) in [6.45, 7) is 0. The van der Waals surface area contributed by atoms with Crippen molar-refractivity contribution >= 4 is 28.3 Å². The monoisotopic (exact) mass is 265 g/mol. The number of benzene rings is 1. The SMILES string of the molecule is COc1cc(O)cc(I)c1N. The number of hydrogen-bond acceptors (Lipinski definition) is 3. The average Bonchev–Trinajstić information content (AvgIpc) is 1.96. The van der Waals surface area contributed by atoms with E-state index in [1.54, 1.807) is 6.07 Å². The van der Waals surface area contributed by atoms with Crippen molar-refractivity contribution < 1.29 is 9.84 Å². The van der Waals surface area contributed by atoms with Crippen LogP contribution in [0.4, 0.5) is 5.69 Å². The minimum absolute atomic E-state index is 0.167.